The van der Waals surface area contributed by atoms with E-state index in [1.54, 1.807) is 12.5 Å². The largest absolute Gasteiger partial charge is 0.375 e. The second-order valence-corrected chi connectivity index (χ2v) is 3.85. The summed E-state index contributed by atoms with van der Waals surface area (Å²) < 4.78 is 1.91. The van der Waals surface area contributed by atoms with E-state index in [1.165, 1.54) is 0 Å². The van der Waals surface area contributed by atoms with Crippen LogP contribution >= 0.6 is 0 Å². The molecule has 0 saturated heterocycles. The summed E-state index contributed by atoms with van der Waals surface area (Å²) in [5, 5.41) is 11.3. The third-order valence-corrected chi connectivity index (χ3v) is 2.41. The predicted octanol–water partition coefficient (Wildman–Crippen LogP) is 1.69. The number of rotatable bonds is 3. The van der Waals surface area contributed by atoms with Crippen molar-refractivity contribution >= 4 is 5.69 Å². The molecule has 0 aromatic carbocycles. The highest BCUT2D eigenvalue weighted by Crippen LogP contribution is 2.16. The molecule has 0 aliphatic carbocycles. The Balaban J connectivity index is 2.14. The van der Waals surface area contributed by atoms with Gasteiger partial charge in [0.2, 0.25) is 0 Å². The number of aromatic nitrogens is 4. The van der Waals surface area contributed by atoms with E-state index in [0.29, 0.717) is 0 Å². The molecule has 2 rings (SSSR count). The van der Waals surface area contributed by atoms with Gasteiger partial charge in [0, 0.05) is 24.6 Å². The van der Waals surface area contributed by atoms with Gasteiger partial charge in [0.05, 0.1) is 6.04 Å². The standard InChI is InChI=1S/C11H15N5/c1-8-6-10(4-5-12-8)14-9(2)11-15-13-7-16(11)3/h4-7,9H,1-3H3,(H,12,14). The van der Waals surface area contributed by atoms with Crippen molar-refractivity contribution in [2.24, 2.45) is 7.05 Å². The van der Waals surface area contributed by atoms with Crippen LogP contribution in [-0.2, 0) is 7.05 Å². The van der Waals surface area contributed by atoms with E-state index in [0.717, 1.165) is 17.2 Å². The van der Waals surface area contributed by atoms with E-state index in [-0.39, 0.29) is 6.04 Å². The van der Waals surface area contributed by atoms with Gasteiger partial charge in [-0.3, -0.25) is 4.98 Å². The molecule has 1 N–H and O–H groups in total. The van der Waals surface area contributed by atoms with Gasteiger partial charge in [0.1, 0.15) is 6.33 Å². The summed E-state index contributed by atoms with van der Waals surface area (Å²) in [6.45, 7) is 4.03. The first kappa shape index (κ1) is 10.6. The molecule has 84 valence electrons. The fourth-order valence-corrected chi connectivity index (χ4v) is 1.63. The molecule has 0 aliphatic rings. The van der Waals surface area contributed by atoms with Gasteiger partial charge in [0.25, 0.3) is 0 Å². The SMILES string of the molecule is Cc1cc(NC(C)c2nncn2C)ccn1. The minimum Gasteiger partial charge on any atom is -0.375 e. The number of hydrogen-bond acceptors (Lipinski definition) is 4. The van der Waals surface area contributed by atoms with Crippen molar-refractivity contribution in [2.45, 2.75) is 19.9 Å². The highest BCUT2D eigenvalue weighted by molar-refractivity contribution is 5.44. The molecule has 0 spiro atoms. The molecule has 0 radical (unpaired) electrons. The van der Waals surface area contributed by atoms with E-state index in [2.05, 4.69) is 27.4 Å². The Kier molecular flexibility index (Phi) is 2.85. The van der Waals surface area contributed by atoms with Gasteiger partial charge >= 0.3 is 0 Å². The Morgan fingerprint density at radius 3 is 2.88 bits per heavy atom. The first-order valence-corrected chi connectivity index (χ1v) is 5.20. The summed E-state index contributed by atoms with van der Waals surface area (Å²) in [6.07, 6.45) is 3.49. The van der Waals surface area contributed by atoms with Crippen LogP contribution in [0, 0.1) is 6.92 Å². The molecule has 0 amide bonds. The molecule has 1 atom stereocenters. The van der Waals surface area contributed by atoms with Crippen LogP contribution in [0.5, 0.6) is 0 Å². The van der Waals surface area contributed by atoms with Crippen LogP contribution in [0.1, 0.15) is 24.5 Å². The summed E-state index contributed by atoms with van der Waals surface area (Å²) in [7, 11) is 1.94. The Morgan fingerprint density at radius 2 is 2.25 bits per heavy atom. The lowest BCUT2D eigenvalue weighted by molar-refractivity contribution is 0.719. The summed E-state index contributed by atoms with van der Waals surface area (Å²) >= 11 is 0. The van der Waals surface area contributed by atoms with Crippen LogP contribution in [0.4, 0.5) is 5.69 Å². The van der Waals surface area contributed by atoms with Gasteiger partial charge in [-0.15, -0.1) is 10.2 Å². The topological polar surface area (TPSA) is 55.6 Å². The molecule has 2 aromatic heterocycles. The lowest BCUT2D eigenvalue weighted by Crippen LogP contribution is -2.12. The van der Waals surface area contributed by atoms with Crippen molar-refractivity contribution < 1.29 is 0 Å². The lowest BCUT2D eigenvalue weighted by Gasteiger charge is -2.14. The molecule has 1 unspecified atom stereocenters. The van der Waals surface area contributed by atoms with Crippen LogP contribution < -0.4 is 5.32 Å². The highest BCUT2D eigenvalue weighted by Gasteiger charge is 2.10. The summed E-state index contributed by atoms with van der Waals surface area (Å²) in [5.74, 6) is 0.912. The zero-order chi connectivity index (χ0) is 11.5. The van der Waals surface area contributed by atoms with Crippen molar-refractivity contribution in [2.75, 3.05) is 5.32 Å². The first-order valence-electron chi connectivity index (χ1n) is 5.20. The van der Waals surface area contributed by atoms with Gasteiger partial charge in [-0.2, -0.15) is 0 Å². The van der Waals surface area contributed by atoms with Crippen LogP contribution in [-0.4, -0.2) is 19.7 Å². The van der Waals surface area contributed by atoms with E-state index >= 15 is 0 Å². The van der Waals surface area contributed by atoms with E-state index in [4.69, 9.17) is 0 Å². The maximum Gasteiger partial charge on any atom is 0.154 e. The zero-order valence-electron chi connectivity index (χ0n) is 9.68. The summed E-state index contributed by atoms with van der Waals surface area (Å²) in [4.78, 5) is 4.15. The molecule has 0 fully saturated rings. The zero-order valence-corrected chi connectivity index (χ0v) is 9.68. The second kappa shape index (κ2) is 4.30. The average molecular weight is 217 g/mol. The van der Waals surface area contributed by atoms with Gasteiger partial charge in [0.15, 0.2) is 5.82 Å². The normalized spacial score (nSPS) is 12.4. The minimum atomic E-state index is 0.120. The van der Waals surface area contributed by atoms with Crippen molar-refractivity contribution in [1.29, 1.82) is 0 Å². The molecule has 5 heteroatoms. The third kappa shape index (κ3) is 2.18. The third-order valence-electron chi connectivity index (χ3n) is 2.41. The molecule has 2 aromatic rings. The molecule has 2 heterocycles. The second-order valence-electron chi connectivity index (χ2n) is 3.85. The molecule has 5 nitrogen and oxygen atoms in total. The molecule has 0 aliphatic heterocycles. The summed E-state index contributed by atoms with van der Waals surface area (Å²) in [6, 6.07) is 4.07. The number of nitrogens with zero attached hydrogens (tertiary/aromatic N) is 4. The van der Waals surface area contributed by atoms with Crippen LogP contribution in [0.3, 0.4) is 0 Å². The number of hydrogen-bond donors (Lipinski definition) is 1. The Bertz CT molecular complexity index is 477. The first-order chi connectivity index (χ1) is 7.66. The molecule has 16 heavy (non-hydrogen) atoms. The average Bonchev–Trinajstić information content (AvgIpc) is 2.64. The minimum absolute atomic E-state index is 0.120. The maximum atomic E-state index is 4.15. The predicted molar refractivity (Wildman–Crippen MR) is 62.0 cm³/mol. The van der Waals surface area contributed by atoms with E-state index in [9.17, 15) is 0 Å². The molecule has 0 bridgehead atoms. The van der Waals surface area contributed by atoms with Gasteiger partial charge in [-0.1, -0.05) is 0 Å². The van der Waals surface area contributed by atoms with E-state index in [1.807, 2.05) is 30.7 Å². The van der Waals surface area contributed by atoms with Gasteiger partial charge in [-0.25, -0.2) is 0 Å². The lowest BCUT2D eigenvalue weighted by atomic mass is 10.2. The molecular formula is C11H15N5. The van der Waals surface area contributed by atoms with Crippen molar-refractivity contribution in [3.8, 4) is 0 Å². The van der Waals surface area contributed by atoms with Crippen molar-refractivity contribution in [3.63, 3.8) is 0 Å². The van der Waals surface area contributed by atoms with Gasteiger partial charge in [-0.05, 0) is 26.0 Å². The van der Waals surface area contributed by atoms with Gasteiger partial charge < -0.3 is 9.88 Å². The smallest absolute Gasteiger partial charge is 0.154 e. The Morgan fingerprint density at radius 1 is 1.44 bits per heavy atom. The quantitative estimate of drug-likeness (QED) is 0.850. The molecule has 0 saturated carbocycles. The van der Waals surface area contributed by atoms with Crippen LogP contribution in [0.15, 0.2) is 24.7 Å². The number of nitrogens with one attached hydrogen (secondary N) is 1. The fraction of sp³-hybridized carbons (Fsp3) is 0.364. The highest BCUT2D eigenvalue weighted by atomic mass is 15.3. The Labute approximate surface area is 94.5 Å². The number of anilines is 1. The van der Waals surface area contributed by atoms with E-state index < -0.39 is 0 Å². The number of pyridine rings is 1. The molecular weight excluding hydrogens is 202 g/mol. The van der Waals surface area contributed by atoms with Crippen LogP contribution in [0.25, 0.3) is 0 Å². The fourth-order valence-electron chi connectivity index (χ4n) is 1.63. The maximum absolute atomic E-state index is 4.15. The summed E-state index contributed by atoms with van der Waals surface area (Å²) in [5.41, 5.74) is 2.04. The van der Waals surface area contributed by atoms with Crippen molar-refractivity contribution in [1.82, 2.24) is 19.7 Å². The van der Waals surface area contributed by atoms with Crippen molar-refractivity contribution in [3.05, 3.63) is 36.2 Å². The Hall–Kier alpha value is -1.91. The van der Waals surface area contributed by atoms with Crippen LogP contribution in [0.2, 0.25) is 0 Å². The number of aryl methyl sites for hydroxylation is 2. The monoisotopic (exact) mass is 217 g/mol.